The van der Waals surface area contributed by atoms with E-state index in [2.05, 4.69) is 29.7 Å². The summed E-state index contributed by atoms with van der Waals surface area (Å²) in [6.45, 7) is 6.16. The van der Waals surface area contributed by atoms with Gasteiger partial charge in [0.15, 0.2) is 0 Å². The van der Waals surface area contributed by atoms with E-state index >= 15 is 0 Å². The minimum Gasteiger partial charge on any atom is -0.491 e. The van der Waals surface area contributed by atoms with Gasteiger partial charge >= 0.3 is 0 Å². The van der Waals surface area contributed by atoms with E-state index < -0.39 is 0 Å². The molecule has 0 aliphatic heterocycles. The lowest BCUT2D eigenvalue weighted by molar-refractivity contribution is 0.156. The summed E-state index contributed by atoms with van der Waals surface area (Å²) < 4.78 is 7.96. The van der Waals surface area contributed by atoms with E-state index in [0.29, 0.717) is 0 Å². The molecule has 3 nitrogen and oxygen atoms in total. The third-order valence-electron chi connectivity index (χ3n) is 4.04. The van der Waals surface area contributed by atoms with E-state index in [1.165, 1.54) is 11.4 Å². The number of nitrogens with zero attached hydrogens (tertiary/aromatic N) is 1. The Hall–Kier alpha value is -1.74. The number of benzene rings is 1. The maximum atomic E-state index is 10.2. The number of fused-ring (bicyclic) bond motifs is 1. The first-order chi connectivity index (χ1) is 10.1. The molecule has 0 saturated carbocycles. The topological polar surface area (TPSA) is 34.4 Å². The molecule has 3 rings (SSSR count). The molecule has 21 heavy (non-hydrogen) atoms. The average Bonchev–Trinajstić information content (AvgIpc) is 2.77. The van der Waals surface area contributed by atoms with Gasteiger partial charge in [0.2, 0.25) is 0 Å². The molecule has 1 unspecified atom stereocenters. The normalized spacial score (nSPS) is 17.9. The Morgan fingerprint density at radius 2 is 1.95 bits per heavy atom. The Morgan fingerprint density at radius 1 is 1.24 bits per heavy atom. The highest BCUT2D eigenvalue weighted by Gasteiger charge is 2.23. The van der Waals surface area contributed by atoms with Gasteiger partial charge in [0.25, 0.3) is 0 Å². The minimum absolute atomic E-state index is 0.187. The second-order valence-electron chi connectivity index (χ2n) is 6.09. The maximum Gasteiger partial charge on any atom is 0.119 e. The Morgan fingerprint density at radius 3 is 2.62 bits per heavy atom. The van der Waals surface area contributed by atoms with Crippen molar-refractivity contribution < 1.29 is 9.84 Å². The molecule has 1 atom stereocenters. The predicted octanol–water partition coefficient (Wildman–Crippen LogP) is 3.94. The fourth-order valence-corrected chi connectivity index (χ4v) is 3.18. The number of aliphatic hydroxyl groups is 1. The maximum absolute atomic E-state index is 10.2. The van der Waals surface area contributed by atoms with Gasteiger partial charge in [-0.2, -0.15) is 0 Å². The molecule has 0 saturated heterocycles. The van der Waals surface area contributed by atoms with Crippen LogP contribution in [0.4, 0.5) is 0 Å². The number of ether oxygens (including phenoxy) is 1. The van der Waals surface area contributed by atoms with Gasteiger partial charge in [-0.25, -0.2) is 0 Å². The van der Waals surface area contributed by atoms with E-state index in [0.717, 1.165) is 36.3 Å². The van der Waals surface area contributed by atoms with Gasteiger partial charge in [0.1, 0.15) is 5.75 Å². The SMILES string of the molecule is Cc1cc2c(n1-c1ccc(OC(C)C)cc1)CCCC2O. The van der Waals surface area contributed by atoms with Crippen LogP contribution in [-0.4, -0.2) is 15.8 Å². The van der Waals surface area contributed by atoms with Crippen molar-refractivity contribution in [3.05, 3.63) is 47.3 Å². The summed E-state index contributed by atoms with van der Waals surface area (Å²) in [5.41, 5.74) is 4.67. The summed E-state index contributed by atoms with van der Waals surface area (Å²) in [5.74, 6) is 0.896. The molecule has 1 aliphatic rings. The molecule has 112 valence electrons. The molecule has 1 heterocycles. The van der Waals surface area contributed by atoms with Gasteiger partial charge in [-0.15, -0.1) is 0 Å². The summed E-state index contributed by atoms with van der Waals surface area (Å²) >= 11 is 0. The zero-order valence-corrected chi connectivity index (χ0v) is 13.0. The van der Waals surface area contributed by atoms with E-state index in [4.69, 9.17) is 4.74 Å². The van der Waals surface area contributed by atoms with E-state index in [9.17, 15) is 5.11 Å². The van der Waals surface area contributed by atoms with Crippen LogP contribution >= 0.6 is 0 Å². The fraction of sp³-hybridized carbons (Fsp3) is 0.444. The molecule has 1 aromatic carbocycles. The summed E-state index contributed by atoms with van der Waals surface area (Å²) in [4.78, 5) is 0. The van der Waals surface area contributed by atoms with Gasteiger partial charge in [-0.3, -0.25) is 0 Å². The van der Waals surface area contributed by atoms with Crippen LogP contribution in [0.1, 0.15) is 49.7 Å². The second kappa shape index (κ2) is 5.57. The van der Waals surface area contributed by atoms with Crippen molar-refractivity contribution in [2.75, 3.05) is 0 Å². The number of hydrogen-bond donors (Lipinski definition) is 1. The van der Waals surface area contributed by atoms with Crippen molar-refractivity contribution in [1.29, 1.82) is 0 Å². The van der Waals surface area contributed by atoms with Crippen LogP contribution in [0.2, 0.25) is 0 Å². The monoisotopic (exact) mass is 285 g/mol. The van der Waals surface area contributed by atoms with Gasteiger partial charge in [-0.05, 0) is 70.4 Å². The van der Waals surface area contributed by atoms with Crippen LogP contribution in [-0.2, 0) is 6.42 Å². The van der Waals surface area contributed by atoms with Crippen molar-refractivity contribution in [2.24, 2.45) is 0 Å². The quantitative estimate of drug-likeness (QED) is 0.926. The second-order valence-corrected chi connectivity index (χ2v) is 6.09. The fourth-order valence-electron chi connectivity index (χ4n) is 3.18. The first-order valence-electron chi connectivity index (χ1n) is 7.72. The zero-order valence-electron chi connectivity index (χ0n) is 13.0. The molecule has 0 spiro atoms. The summed E-state index contributed by atoms with van der Waals surface area (Å²) in [6, 6.07) is 10.3. The number of aryl methyl sites for hydroxylation is 1. The Kier molecular flexibility index (Phi) is 3.77. The number of aromatic nitrogens is 1. The molecule has 1 aliphatic carbocycles. The van der Waals surface area contributed by atoms with Crippen LogP contribution in [0.15, 0.2) is 30.3 Å². The highest BCUT2D eigenvalue weighted by atomic mass is 16.5. The molecular weight excluding hydrogens is 262 g/mol. The van der Waals surface area contributed by atoms with E-state index in [1.807, 2.05) is 26.0 Å². The molecule has 1 aromatic heterocycles. The number of hydrogen-bond acceptors (Lipinski definition) is 2. The Bertz CT molecular complexity index is 625. The van der Waals surface area contributed by atoms with Gasteiger partial charge in [0, 0.05) is 22.6 Å². The van der Waals surface area contributed by atoms with E-state index in [1.54, 1.807) is 0 Å². The molecule has 3 heteroatoms. The van der Waals surface area contributed by atoms with Gasteiger partial charge < -0.3 is 14.4 Å². The number of aliphatic hydroxyl groups excluding tert-OH is 1. The van der Waals surface area contributed by atoms with Crippen LogP contribution in [0.5, 0.6) is 5.75 Å². The van der Waals surface area contributed by atoms with Gasteiger partial charge in [0.05, 0.1) is 12.2 Å². The van der Waals surface area contributed by atoms with Crippen LogP contribution in [0.25, 0.3) is 5.69 Å². The molecule has 0 bridgehead atoms. The largest absolute Gasteiger partial charge is 0.491 e. The lowest BCUT2D eigenvalue weighted by Crippen LogP contribution is -2.11. The van der Waals surface area contributed by atoms with Crippen molar-refractivity contribution in [2.45, 2.75) is 52.2 Å². The minimum atomic E-state index is -0.308. The molecule has 0 fully saturated rings. The lowest BCUT2D eigenvalue weighted by Gasteiger charge is -2.20. The summed E-state index contributed by atoms with van der Waals surface area (Å²) in [6.07, 6.45) is 2.83. The highest BCUT2D eigenvalue weighted by Crippen LogP contribution is 2.34. The van der Waals surface area contributed by atoms with Crippen LogP contribution < -0.4 is 4.74 Å². The molecule has 0 radical (unpaired) electrons. The highest BCUT2D eigenvalue weighted by molar-refractivity contribution is 5.45. The lowest BCUT2D eigenvalue weighted by atomic mass is 9.95. The average molecular weight is 285 g/mol. The third kappa shape index (κ3) is 2.70. The smallest absolute Gasteiger partial charge is 0.119 e. The molecule has 2 aromatic rings. The van der Waals surface area contributed by atoms with Gasteiger partial charge in [-0.1, -0.05) is 0 Å². The van der Waals surface area contributed by atoms with Crippen LogP contribution in [0.3, 0.4) is 0 Å². The van der Waals surface area contributed by atoms with E-state index in [-0.39, 0.29) is 12.2 Å². The standard InChI is InChI=1S/C18H23NO2/c1-12(2)21-15-9-7-14(8-10-15)19-13(3)11-16-17(19)5-4-6-18(16)20/h7-12,18,20H,4-6H2,1-3H3. The first-order valence-corrected chi connectivity index (χ1v) is 7.72. The first kappa shape index (κ1) is 14.2. The molecule has 0 amide bonds. The summed E-state index contributed by atoms with van der Waals surface area (Å²) in [7, 11) is 0. The molecular formula is C18H23NO2. The molecule has 1 N–H and O–H groups in total. The Labute approximate surface area is 126 Å². The van der Waals surface area contributed by atoms with Crippen molar-refractivity contribution in [3.8, 4) is 11.4 Å². The van der Waals surface area contributed by atoms with Crippen molar-refractivity contribution in [1.82, 2.24) is 4.57 Å². The summed E-state index contributed by atoms with van der Waals surface area (Å²) in [5, 5.41) is 10.2. The van der Waals surface area contributed by atoms with Crippen molar-refractivity contribution >= 4 is 0 Å². The van der Waals surface area contributed by atoms with Crippen LogP contribution in [0, 0.1) is 6.92 Å². The number of rotatable bonds is 3. The Balaban J connectivity index is 1.97. The zero-order chi connectivity index (χ0) is 15.0. The van der Waals surface area contributed by atoms with Crippen molar-refractivity contribution in [3.63, 3.8) is 0 Å². The predicted molar refractivity (Wildman–Crippen MR) is 84.2 cm³/mol. The third-order valence-corrected chi connectivity index (χ3v) is 4.04.